The van der Waals surface area contributed by atoms with Crippen LogP contribution in [0.15, 0.2) is 0 Å². The third-order valence-corrected chi connectivity index (χ3v) is 1.28. The lowest BCUT2D eigenvalue weighted by molar-refractivity contribution is -0.124. The quantitative estimate of drug-likeness (QED) is 0.581. The molecule has 0 fully saturated rings. The lowest BCUT2D eigenvalue weighted by Crippen LogP contribution is -2.39. The van der Waals surface area contributed by atoms with Gasteiger partial charge in [0.2, 0.25) is 12.2 Å². The minimum atomic E-state index is -3.18. The molecule has 0 rings (SSSR count). The average molecular weight is 234 g/mol. The smallest absolute Gasteiger partial charge is 0.287 e. The summed E-state index contributed by atoms with van der Waals surface area (Å²) in [5.41, 5.74) is 0. The first-order valence-electron chi connectivity index (χ1n) is 2.82. The number of nitrogens with one attached hydrogen (secondary N) is 1. The monoisotopic (exact) mass is 233 g/mol. The Hall–Kier alpha value is -0.260. The summed E-state index contributed by atoms with van der Waals surface area (Å²) in [4.78, 5) is 9.86. The lowest BCUT2D eigenvalue weighted by Gasteiger charge is -2.09. The maximum absolute atomic E-state index is 12.0. The summed E-state index contributed by atoms with van der Waals surface area (Å²) in [5, 5.41) is 1.48. The van der Waals surface area contributed by atoms with Crippen LogP contribution in [0.25, 0.3) is 0 Å². The number of alkyl halides is 4. The van der Waals surface area contributed by atoms with Crippen molar-refractivity contribution in [1.82, 2.24) is 5.32 Å². The summed E-state index contributed by atoms with van der Waals surface area (Å²) >= 11 is 2.79. The third-order valence-electron chi connectivity index (χ3n) is 0.863. The van der Waals surface area contributed by atoms with Gasteiger partial charge in [-0.05, 0) is 6.92 Å². The SMILES string of the molecule is CC(Br)C(=O)NC(F)C(F)F. The first-order valence-corrected chi connectivity index (χ1v) is 3.73. The van der Waals surface area contributed by atoms with E-state index < -0.39 is 23.5 Å². The third kappa shape index (κ3) is 4.23. The Balaban J connectivity index is 3.76. The number of hydrogen-bond acceptors (Lipinski definition) is 1. The topological polar surface area (TPSA) is 29.1 Å². The van der Waals surface area contributed by atoms with E-state index in [1.807, 2.05) is 0 Å². The predicted octanol–water partition coefficient (Wildman–Crippen LogP) is 1.45. The van der Waals surface area contributed by atoms with Crippen LogP contribution in [-0.4, -0.2) is 23.5 Å². The number of hydrogen-bond donors (Lipinski definition) is 1. The number of amides is 1. The molecule has 0 saturated carbocycles. The lowest BCUT2D eigenvalue weighted by atomic mass is 10.4. The molecule has 2 nitrogen and oxygen atoms in total. The van der Waals surface area contributed by atoms with Crippen LogP contribution < -0.4 is 5.32 Å². The van der Waals surface area contributed by atoms with E-state index in [0.717, 1.165) is 0 Å². The van der Waals surface area contributed by atoms with E-state index >= 15 is 0 Å². The van der Waals surface area contributed by atoms with Crippen molar-refractivity contribution in [2.24, 2.45) is 0 Å². The van der Waals surface area contributed by atoms with Crippen molar-refractivity contribution in [3.63, 3.8) is 0 Å². The van der Waals surface area contributed by atoms with E-state index in [1.54, 1.807) is 0 Å². The van der Waals surface area contributed by atoms with E-state index in [4.69, 9.17) is 0 Å². The highest BCUT2D eigenvalue weighted by atomic mass is 79.9. The minimum absolute atomic E-state index is 0.667. The van der Waals surface area contributed by atoms with Gasteiger partial charge in [0, 0.05) is 0 Å². The molecule has 1 amide bonds. The second kappa shape index (κ2) is 4.58. The highest BCUT2D eigenvalue weighted by molar-refractivity contribution is 9.10. The minimum Gasteiger partial charge on any atom is -0.321 e. The van der Waals surface area contributed by atoms with Crippen LogP contribution in [0.1, 0.15) is 6.92 Å². The Morgan fingerprint density at radius 1 is 1.45 bits per heavy atom. The standard InChI is InChI=1S/C5H7BrF3NO/c1-2(6)5(11)10-4(9)3(7)8/h2-4H,1H3,(H,10,11). The maximum atomic E-state index is 12.0. The number of rotatable bonds is 3. The molecule has 11 heavy (non-hydrogen) atoms. The van der Waals surface area contributed by atoms with Crippen LogP contribution in [0, 0.1) is 0 Å². The fraction of sp³-hybridized carbons (Fsp3) is 0.800. The van der Waals surface area contributed by atoms with Crippen LogP contribution in [0.5, 0.6) is 0 Å². The van der Waals surface area contributed by atoms with Crippen molar-refractivity contribution in [2.45, 2.75) is 24.5 Å². The van der Waals surface area contributed by atoms with Gasteiger partial charge in [-0.1, -0.05) is 15.9 Å². The van der Waals surface area contributed by atoms with Gasteiger partial charge in [-0.3, -0.25) is 4.79 Å². The van der Waals surface area contributed by atoms with Gasteiger partial charge < -0.3 is 5.32 Å². The molecule has 0 aliphatic rings. The van der Waals surface area contributed by atoms with Crippen molar-refractivity contribution >= 4 is 21.8 Å². The van der Waals surface area contributed by atoms with Gasteiger partial charge in [0.15, 0.2) is 0 Å². The van der Waals surface area contributed by atoms with Crippen LogP contribution >= 0.6 is 15.9 Å². The fourth-order valence-corrected chi connectivity index (χ4v) is 0.446. The highest BCUT2D eigenvalue weighted by Gasteiger charge is 2.22. The summed E-state index contributed by atoms with van der Waals surface area (Å²) in [5.74, 6) is -0.794. The first-order chi connectivity index (χ1) is 4.95. The molecule has 0 aromatic rings. The Morgan fingerprint density at radius 3 is 2.18 bits per heavy atom. The summed E-state index contributed by atoms with van der Waals surface area (Å²) in [6.07, 6.45) is -5.76. The maximum Gasteiger partial charge on any atom is 0.287 e. The van der Waals surface area contributed by atoms with Crippen molar-refractivity contribution in [3.05, 3.63) is 0 Å². The van der Waals surface area contributed by atoms with Crippen LogP contribution in [0.2, 0.25) is 0 Å². The summed E-state index contributed by atoms with van der Waals surface area (Å²) in [7, 11) is 0. The van der Waals surface area contributed by atoms with Crippen molar-refractivity contribution in [2.75, 3.05) is 0 Å². The van der Waals surface area contributed by atoms with Crippen molar-refractivity contribution in [3.8, 4) is 0 Å². The van der Waals surface area contributed by atoms with Gasteiger partial charge >= 0.3 is 0 Å². The molecule has 66 valence electrons. The summed E-state index contributed by atoms with van der Waals surface area (Å²) in [6.45, 7) is 1.41. The fourth-order valence-electron chi connectivity index (χ4n) is 0.314. The molecular formula is C5H7BrF3NO. The van der Waals surface area contributed by atoms with Crippen LogP contribution in [-0.2, 0) is 4.79 Å². The first kappa shape index (κ1) is 10.7. The molecule has 2 atom stereocenters. The molecule has 0 bridgehead atoms. The molecule has 0 spiro atoms. The molecule has 0 saturated heterocycles. The number of carbonyl (C=O) groups excluding carboxylic acids is 1. The van der Waals surface area contributed by atoms with Crippen molar-refractivity contribution in [1.29, 1.82) is 0 Å². The van der Waals surface area contributed by atoms with E-state index in [0.29, 0.717) is 0 Å². The molecule has 1 N–H and O–H groups in total. The second-order valence-corrected chi connectivity index (χ2v) is 3.23. The predicted molar refractivity (Wildman–Crippen MR) is 37.4 cm³/mol. The molecular weight excluding hydrogens is 227 g/mol. The molecule has 0 heterocycles. The Bertz CT molecular complexity index is 142. The number of carbonyl (C=O) groups is 1. The van der Waals surface area contributed by atoms with E-state index in [9.17, 15) is 18.0 Å². The van der Waals surface area contributed by atoms with Crippen LogP contribution in [0.4, 0.5) is 13.2 Å². The van der Waals surface area contributed by atoms with Gasteiger partial charge in [-0.2, -0.15) is 0 Å². The van der Waals surface area contributed by atoms with Gasteiger partial charge in [-0.15, -0.1) is 0 Å². The zero-order valence-electron chi connectivity index (χ0n) is 5.65. The van der Waals surface area contributed by atoms with E-state index in [1.165, 1.54) is 12.2 Å². The van der Waals surface area contributed by atoms with Gasteiger partial charge in [0.05, 0.1) is 4.83 Å². The number of halogens is 4. The molecule has 0 radical (unpaired) electrons. The van der Waals surface area contributed by atoms with Gasteiger partial charge in [0.1, 0.15) is 0 Å². The Kier molecular flexibility index (Phi) is 4.48. The van der Waals surface area contributed by atoms with E-state index in [2.05, 4.69) is 15.9 Å². The van der Waals surface area contributed by atoms with Gasteiger partial charge in [-0.25, -0.2) is 13.2 Å². The Morgan fingerprint density at radius 2 is 1.91 bits per heavy atom. The summed E-state index contributed by atoms with van der Waals surface area (Å²) in [6, 6.07) is 0. The molecule has 2 unspecified atom stereocenters. The normalized spacial score (nSPS) is 16.2. The highest BCUT2D eigenvalue weighted by Crippen LogP contribution is 2.04. The Labute approximate surface area is 70.3 Å². The molecule has 6 heteroatoms. The zero-order valence-corrected chi connectivity index (χ0v) is 7.24. The zero-order chi connectivity index (χ0) is 9.02. The van der Waals surface area contributed by atoms with Crippen molar-refractivity contribution < 1.29 is 18.0 Å². The van der Waals surface area contributed by atoms with E-state index in [-0.39, 0.29) is 0 Å². The summed E-state index contributed by atoms with van der Waals surface area (Å²) < 4.78 is 34.9. The second-order valence-electron chi connectivity index (χ2n) is 1.86. The van der Waals surface area contributed by atoms with Gasteiger partial charge in [0.25, 0.3) is 6.43 Å². The van der Waals surface area contributed by atoms with Crippen LogP contribution in [0.3, 0.4) is 0 Å². The molecule has 0 aromatic carbocycles. The largest absolute Gasteiger partial charge is 0.321 e. The molecule has 0 aliphatic carbocycles. The molecule has 0 aliphatic heterocycles. The average Bonchev–Trinajstić information content (AvgIpc) is 1.87. The molecule has 0 aromatic heterocycles.